The second-order valence-electron chi connectivity index (χ2n) is 5.65. The first-order chi connectivity index (χ1) is 11.1. The van der Waals surface area contributed by atoms with Crippen LogP contribution >= 0.6 is 23.2 Å². The van der Waals surface area contributed by atoms with Crippen molar-refractivity contribution in [2.24, 2.45) is 16.8 Å². The van der Waals surface area contributed by atoms with Gasteiger partial charge in [0.1, 0.15) is 5.76 Å². The number of rotatable bonds is 4. The molecular weight excluding hydrogens is 333 g/mol. The molecule has 0 spiro atoms. The summed E-state index contributed by atoms with van der Waals surface area (Å²) in [4.78, 5) is 0. The van der Waals surface area contributed by atoms with Crippen LogP contribution in [0.25, 0.3) is 0 Å². The normalized spacial score (nSPS) is 23.7. The molecule has 0 saturated carbocycles. The van der Waals surface area contributed by atoms with E-state index in [1.807, 2.05) is 23.2 Å². The van der Waals surface area contributed by atoms with Crippen molar-refractivity contribution in [3.8, 4) is 0 Å². The fraction of sp³-hybridized carbons (Fsp3) is 0.353. The van der Waals surface area contributed by atoms with Gasteiger partial charge in [0, 0.05) is 23.9 Å². The predicted octanol–water partition coefficient (Wildman–Crippen LogP) is 3.99. The summed E-state index contributed by atoms with van der Waals surface area (Å²) in [7, 11) is 1.68. The first-order valence-electron chi connectivity index (χ1n) is 7.55. The molecule has 0 bridgehead atoms. The highest BCUT2D eigenvalue weighted by molar-refractivity contribution is 6.36. The van der Waals surface area contributed by atoms with E-state index in [0.717, 1.165) is 30.0 Å². The lowest BCUT2D eigenvalue weighted by Gasteiger charge is -2.30. The van der Waals surface area contributed by atoms with Gasteiger partial charge in [-0.15, -0.1) is 0 Å². The molecule has 23 heavy (non-hydrogen) atoms. The van der Waals surface area contributed by atoms with Crippen LogP contribution < -0.4 is 10.7 Å². The van der Waals surface area contributed by atoms with Crippen molar-refractivity contribution < 1.29 is 4.74 Å². The molecule has 1 aromatic carbocycles. The third-order valence-electron chi connectivity index (χ3n) is 4.23. The van der Waals surface area contributed by atoms with E-state index < -0.39 is 0 Å². The van der Waals surface area contributed by atoms with Crippen molar-refractivity contribution in [2.75, 3.05) is 18.7 Å². The van der Waals surface area contributed by atoms with Gasteiger partial charge in [-0.25, -0.2) is 0 Å². The largest absolute Gasteiger partial charge is 0.497 e. The van der Waals surface area contributed by atoms with Crippen LogP contribution in [-0.2, 0) is 4.74 Å². The van der Waals surface area contributed by atoms with Gasteiger partial charge in [-0.05, 0) is 36.8 Å². The van der Waals surface area contributed by atoms with E-state index in [1.165, 1.54) is 0 Å². The van der Waals surface area contributed by atoms with Gasteiger partial charge in [-0.1, -0.05) is 29.3 Å². The fourth-order valence-corrected chi connectivity index (χ4v) is 3.50. The average molecular weight is 352 g/mol. The molecule has 3 rings (SSSR count). The standard InChI is InChI=1S/C17H19Cl2N3O/c1-23-14-5-2-11(3-6-14)17-9-13(10-20)21-22(17)16-7-4-12(18)8-15(16)19/h2,4-8,11,17H,3,9-10,20H2,1H3/t11?,17-/m0/s1. The number of methoxy groups -OCH3 is 1. The molecule has 1 aliphatic heterocycles. The van der Waals surface area contributed by atoms with E-state index in [0.29, 0.717) is 22.5 Å². The molecule has 0 radical (unpaired) electrons. The zero-order chi connectivity index (χ0) is 16.4. The van der Waals surface area contributed by atoms with Gasteiger partial charge in [0.2, 0.25) is 0 Å². The predicted molar refractivity (Wildman–Crippen MR) is 96.2 cm³/mol. The number of hydrogen-bond donors (Lipinski definition) is 1. The maximum absolute atomic E-state index is 6.37. The Balaban J connectivity index is 1.88. The van der Waals surface area contributed by atoms with Crippen LogP contribution in [0.5, 0.6) is 0 Å². The van der Waals surface area contributed by atoms with Crippen LogP contribution in [0.1, 0.15) is 12.8 Å². The third-order valence-corrected chi connectivity index (χ3v) is 4.77. The molecule has 2 atom stereocenters. The van der Waals surface area contributed by atoms with Gasteiger partial charge in [-0.2, -0.15) is 5.10 Å². The summed E-state index contributed by atoms with van der Waals surface area (Å²) in [6.45, 7) is 0.452. The number of ether oxygens (including phenoxy) is 1. The monoisotopic (exact) mass is 351 g/mol. The van der Waals surface area contributed by atoms with Crippen LogP contribution in [0.2, 0.25) is 10.0 Å². The summed E-state index contributed by atoms with van der Waals surface area (Å²) in [5.74, 6) is 1.23. The van der Waals surface area contributed by atoms with Crippen molar-refractivity contribution in [3.63, 3.8) is 0 Å². The van der Waals surface area contributed by atoms with E-state index in [4.69, 9.17) is 33.7 Å². The SMILES string of the molecule is COC1=CCC([C@@H]2CC(CN)=NN2c2ccc(Cl)cc2Cl)C=C1. The zero-order valence-corrected chi connectivity index (χ0v) is 14.4. The lowest BCUT2D eigenvalue weighted by molar-refractivity contribution is 0.300. The Morgan fingerprint density at radius 3 is 2.83 bits per heavy atom. The molecule has 1 unspecified atom stereocenters. The maximum atomic E-state index is 6.37. The van der Waals surface area contributed by atoms with E-state index in [9.17, 15) is 0 Å². The number of nitrogens with two attached hydrogens (primary N) is 1. The molecule has 0 fully saturated rings. The van der Waals surface area contributed by atoms with Crippen LogP contribution in [0, 0.1) is 5.92 Å². The van der Waals surface area contributed by atoms with Crippen LogP contribution in [0.15, 0.2) is 47.3 Å². The fourth-order valence-electron chi connectivity index (χ4n) is 3.01. The topological polar surface area (TPSA) is 50.9 Å². The zero-order valence-electron chi connectivity index (χ0n) is 12.9. The Bertz CT molecular complexity index is 684. The van der Waals surface area contributed by atoms with Crippen LogP contribution in [0.4, 0.5) is 5.69 Å². The number of allylic oxidation sites excluding steroid dienone is 2. The molecule has 2 aliphatic rings. The molecule has 2 N–H and O–H groups in total. The summed E-state index contributed by atoms with van der Waals surface area (Å²) in [5, 5.41) is 7.87. The van der Waals surface area contributed by atoms with E-state index in [-0.39, 0.29) is 6.04 Å². The van der Waals surface area contributed by atoms with Gasteiger partial charge >= 0.3 is 0 Å². The highest BCUT2D eigenvalue weighted by Crippen LogP contribution is 2.37. The lowest BCUT2D eigenvalue weighted by Crippen LogP contribution is -2.34. The highest BCUT2D eigenvalue weighted by atomic mass is 35.5. The van der Waals surface area contributed by atoms with Crippen molar-refractivity contribution in [1.29, 1.82) is 0 Å². The minimum absolute atomic E-state index is 0.193. The smallest absolute Gasteiger partial charge is 0.114 e. The highest BCUT2D eigenvalue weighted by Gasteiger charge is 2.34. The molecule has 1 heterocycles. The van der Waals surface area contributed by atoms with Crippen molar-refractivity contribution in [1.82, 2.24) is 0 Å². The lowest BCUT2D eigenvalue weighted by atomic mass is 9.89. The number of halogens is 2. The van der Waals surface area contributed by atoms with Crippen LogP contribution in [-0.4, -0.2) is 25.4 Å². The Kier molecular flexibility index (Phi) is 4.95. The third kappa shape index (κ3) is 3.39. The van der Waals surface area contributed by atoms with E-state index >= 15 is 0 Å². The summed E-state index contributed by atoms with van der Waals surface area (Å²) < 4.78 is 5.26. The van der Waals surface area contributed by atoms with Crippen molar-refractivity contribution in [3.05, 3.63) is 52.2 Å². The summed E-state index contributed by atoms with van der Waals surface area (Å²) in [6, 6.07) is 5.67. The number of nitrogens with zero attached hydrogens (tertiary/aromatic N) is 2. The number of hydrazone groups is 1. The van der Waals surface area contributed by atoms with Gasteiger partial charge in [0.05, 0.1) is 29.6 Å². The van der Waals surface area contributed by atoms with Crippen molar-refractivity contribution >= 4 is 34.6 Å². The molecule has 0 amide bonds. The Morgan fingerprint density at radius 1 is 1.39 bits per heavy atom. The first kappa shape index (κ1) is 16.4. The molecule has 4 nitrogen and oxygen atoms in total. The van der Waals surface area contributed by atoms with Gasteiger partial charge in [0.15, 0.2) is 0 Å². The first-order valence-corrected chi connectivity index (χ1v) is 8.31. The second kappa shape index (κ2) is 6.95. The Hall–Kier alpha value is -1.49. The quantitative estimate of drug-likeness (QED) is 0.891. The summed E-state index contributed by atoms with van der Waals surface area (Å²) in [5.41, 5.74) is 7.65. The minimum Gasteiger partial charge on any atom is -0.497 e. The minimum atomic E-state index is 0.193. The maximum Gasteiger partial charge on any atom is 0.114 e. The van der Waals surface area contributed by atoms with Crippen molar-refractivity contribution in [2.45, 2.75) is 18.9 Å². The Labute approximate surface area is 146 Å². The van der Waals surface area contributed by atoms with E-state index in [1.54, 1.807) is 13.2 Å². The molecule has 122 valence electrons. The molecular formula is C17H19Cl2N3O. The average Bonchev–Trinajstić information content (AvgIpc) is 2.99. The molecule has 0 aromatic heterocycles. The summed E-state index contributed by atoms with van der Waals surface area (Å²) >= 11 is 12.4. The van der Waals surface area contributed by atoms with E-state index in [2.05, 4.69) is 17.3 Å². The van der Waals surface area contributed by atoms with Gasteiger partial charge in [-0.3, -0.25) is 5.01 Å². The summed E-state index contributed by atoms with van der Waals surface area (Å²) in [6.07, 6.45) is 8.03. The number of hydrogen-bond acceptors (Lipinski definition) is 4. The number of anilines is 1. The van der Waals surface area contributed by atoms with Gasteiger partial charge < -0.3 is 10.5 Å². The molecule has 6 heteroatoms. The Morgan fingerprint density at radius 2 is 2.22 bits per heavy atom. The second-order valence-corrected chi connectivity index (χ2v) is 6.50. The molecule has 0 saturated heterocycles. The molecule has 1 aliphatic carbocycles. The number of benzene rings is 1. The molecule has 1 aromatic rings. The van der Waals surface area contributed by atoms with Crippen LogP contribution in [0.3, 0.4) is 0 Å². The van der Waals surface area contributed by atoms with Gasteiger partial charge in [0.25, 0.3) is 0 Å².